The van der Waals surface area contributed by atoms with E-state index >= 15 is 0 Å². The van der Waals surface area contributed by atoms with Crippen molar-refractivity contribution in [3.05, 3.63) is 71.3 Å². The van der Waals surface area contributed by atoms with Crippen molar-refractivity contribution in [3.63, 3.8) is 0 Å². The molecule has 0 spiro atoms. The van der Waals surface area contributed by atoms with Crippen molar-refractivity contribution in [3.8, 4) is 15.6 Å². The Kier molecular flexibility index (Phi) is 5.78. The van der Waals surface area contributed by atoms with Crippen molar-refractivity contribution in [2.45, 2.75) is 6.42 Å². The fourth-order valence-corrected chi connectivity index (χ4v) is 4.27. The van der Waals surface area contributed by atoms with Crippen LogP contribution in [0.2, 0.25) is 0 Å². The van der Waals surface area contributed by atoms with Gasteiger partial charge in [-0.3, -0.25) is 9.59 Å². The van der Waals surface area contributed by atoms with E-state index in [-0.39, 0.29) is 24.8 Å². The lowest BCUT2D eigenvalue weighted by Crippen LogP contribution is -2.33. The fraction of sp³-hybridized carbons (Fsp3) is 0.100. The first kappa shape index (κ1) is 19.0. The van der Waals surface area contributed by atoms with E-state index in [1.807, 2.05) is 47.3 Å². The lowest BCUT2D eigenvalue weighted by atomic mass is 10.2. The molecule has 0 aliphatic heterocycles. The van der Waals surface area contributed by atoms with Crippen LogP contribution in [0.25, 0.3) is 15.6 Å². The number of nitrogens with one attached hydrogen (secondary N) is 2. The van der Waals surface area contributed by atoms with Crippen LogP contribution in [0.1, 0.15) is 5.69 Å². The number of anilines is 1. The predicted molar refractivity (Wildman–Crippen MR) is 114 cm³/mol. The second kappa shape index (κ2) is 8.80. The van der Waals surface area contributed by atoms with Crippen LogP contribution in [0.15, 0.2) is 65.6 Å². The largest absolute Gasteiger partial charge is 0.347 e. The number of amides is 2. The van der Waals surface area contributed by atoms with E-state index in [0.717, 1.165) is 15.6 Å². The van der Waals surface area contributed by atoms with Crippen LogP contribution < -0.4 is 10.6 Å². The Balaban J connectivity index is 1.24. The van der Waals surface area contributed by atoms with E-state index in [1.165, 1.54) is 11.3 Å². The molecule has 3 aromatic heterocycles. The number of benzene rings is 1. The summed E-state index contributed by atoms with van der Waals surface area (Å²) >= 11 is 3.12. The summed E-state index contributed by atoms with van der Waals surface area (Å²) < 4.78 is 1.73. The highest BCUT2D eigenvalue weighted by molar-refractivity contribution is 7.20. The zero-order chi connectivity index (χ0) is 20.1. The van der Waals surface area contributed by atoms with Gasteiger partial charge in [0.05, 0.1) is 29.2 Å². The number of thiazole rings is 1. The Morgan fingerprint density at radius 1 is 1.03 bits per heavy atom. The van der Waals surface area contributed by atoms with Crippen molar-refractivity contribution in [1.82, 2.24) is 20.1 Å². The molecule has 0 bridgehead atoms. The Hall–Kier alpha value is -3.30. The summed E-state index contributed by atoms with van der Waals surface area (Å²) in [4.78, 5) is 29.8. The van der Waals surface area contributed by atoms with Gasteiger partial charge in [-0.25, -0.2) is 9.67 Å². The summed E-state index contributed by atoms with van der Waals surface area (Å²) in [6, 6.07) is 13.1. The van der Waals surface area contributed by atoms with E-state index < -0.39 is 0 Å². The van der Waals surface area contributed by atoms with Gasteiger partial charge in [-0.05, 0) is 41.8 Å². The van der Waals surface area contributed by atoms with Crippen molar-refractivity contribution in [1.29, 1.82) is 0 Å². The second-order valence-electron chi connectivity index (χ2n) is 6.12. The minimum atomic E-state index is -0.289. The van der Waals surface area contributed by atoms with Crippen LogP contribution in [0, 0.1) is 0 Å². The maximum atomic E-state index is 12.1. The van der Waals surface area contributed by atoms with Crippen LogP contribution >= 0.6 is 22.7 Å². The third kappa shape index (κ3) is 4.95. The van der Waals surface area contributed by atoms with E-state index in [4.69, 9.17) is 0 Å². The molecule has 0 saturated heterocycles. The fourth-order valence-electron chi connectivity index (χ4n) is 2.63. The molecule has 2 amide bonds. The molecule has 0 radical (unpaired) electrons. The third-order valence-electron chi connectivity index (χ3n) is 3.99. The van der Waals surface area contributed by atoms with Crippen molar-refractivity contribution < 1.29 is 9.59 Å². The minimum absolute atomic E-state index is 0.0956. The first-order valence-electron chi connectivity index (χ1n) is 8.82. The maximum absolute atomic E-state index is 12.1. The quantitative estimate of drug-likeness (QED) is 0.477. The molecule has 0 atom stereocenters. The number of carbonyl (C=O) groups excluding carboxylic acids is 2. The maximum Gasteiger partial charge on any atom is 0.243 e. The zero-order valence-corrected chi connectivity index (χ0v) is 16.9. The van der Waals surface area contributed by atoms with Gasteiger partial charge in [0.2, 0.25) is 11.8 Å². The first-order chi connectivity index (χ1) is 14.2. The van der Waals surface area contributed by atoms with Gasteiger partial charge >= 0.3 is 0 Å². The van der Waals surface area contributed by atoms with Crippen LogP contribution in [-0.2, 0) is 16.0 Å². The Bertz CT molecular complexity index is 1090. The van der Waals surface area contributed by atoms with Crippen LogP contribution in [0.4, 0.5) is 5.69 Å². The van der Waals surface area contributed by atoms with Gasteiger partial charge in [-0.1, -0.05) is 6.07 Å². The highest BCUT2D eigenvalue weighted by atomic mass is 32.1. The van der Waals surface area contributed by atoms with Crippen molar-refractivity contribution >= 4 is 40.2 Å². The molecule has 7 nitrogen and oxygen atoms in total. The molecule has 29 heavy (non-hydrogen) atoms. The predicted octanol–water partition coefficient (Wildman–Crippen LogP) is 3.35. The smallest absolute Gasteiger partial charge is 0.243 e. The molecule has 9 heteroatoms. The number of aromatic nitrogens is 3. The highest BCUT2D eigenvalue weighted by Crippen LogP contribution is 2.27. The molecule has 4 aromatic rings. The molecule has 0 aliphatic carbocycles. The topological polar surface area (TPSA) is 88.9 Å². The molecule has 146 valence electrons. The summed E-state index contributed by atoms with van der Waals surface area (Å²) in [5, 5.41) is 14.3. The lowest BCUT2D eigenvalue weighted by molar-refractivity contribution is -0.123. The Morgan fingerprint density at radius 2 is 1.90 bits per heavy atom. The average molecular weight is 424 g/mol. The number of hydrogen-bond acceptors (Lipinski definition) is 6. The lowest BCUT2D eigenvalue weighted by Gasteiger charge is -2.08. The van der Waals surface area contributed by atoms with Crippen LogP contribution in [0.5, 0.6) is 0 Å². The molecule has 2 N–H and O–H groups in total. The van der Waals surface area contributed by atoms with Crippen molar-refractivity contribution in [2.75, 3.05) is 11.9 Å². The SMILES string of the molecule is O=C(Cc1csc(-c2cccs2)n1)NCC(=O)Nc1ccc(-n2cccn2)cc1. The van der Waals surface area contributed by atoms with Crippen molar-refractivity contribution in [2.24, 2.45) is 0 Å². The molecular weight excluding hydrogens is 406 g/mol. The monoisotopic (exact) mass is 423 g/mol. The highest BCUT2D eigenvalue weighted by Gasteiger charge is 2.11. The molecule has 3 heterocycles. The number of thiophene rings is 1. The summed E-state index contributed by atoms with van der Waals surface area (Å²) in [6.45, 7) is -0.0956. The minimum Gasteiger partial charge on any atom is -0.347 e. The molecular formula is C20H17N5O2S2. The van der Waals surface area contributed by atoms with E-state index in [1.54, 1.807) is 34.3 Å². The number of nitrogens with zero attached hydrogens (tertiary/aromatic N) is 3. The standard InChI is InChI=1S/C20H17N5O2S2/c26-18(11-15-13-29-20(24-15)17-3-1-10-28-17)21-12-19(27)23-14-4-6-16(7-5-14)25-9-2-8-22-25/h1-10,13H,11-12H2,(H,21,26)(H,23,27). The summed E-state index contributed by atoms with van der Waals surface area (Å²) in [5.41, 5.74) is 2.25. The normalized spacial score (nSPS) is 10.6. The molecule has 4 rings (SSSR count). The average Bonchev–Trinajstić information content (AvgIpc) is 3.48. The van der Waals surface area contributed by atoms with Crippen LogP contribution in [-0.4, -0.2) is 33.1 Å². The Labute approximate surface area is 175 Å². The van der Waals surface area contributed by atoms with E-state index in [0.29, 0.717) is 11.4 Å². The van der Waals surface area contributed by atoms with Gasteiger partial charge in [-0.15, -0.1) is 22.7 Å². The third-order valence-corrected chi connectivity index (χ3v) is 5.92. The Morgan fingerprint density at radius 3 is 2.62 bits per heavy atom. The first-order valence-corrected chi connectivity index (χ1v) is 10.6. The van der Waals surface area contributed by atoms with Crippen LogP contribution in [0.3, 0.4) is 0 Å². The second-order valence-corrected chi connectivity index (χ2v) is 7.93. The molecule has 1 aromatic carbocycles. The van der Waals surface area contributed by atoms with Gasteiger partial charge in [0.25, 0.3) is 0 Å². The molecule has 0 unspecified atom stereocenters. The van der Waals surface area contributed by atoms with Gasteiger partial charge in [0.1, 0.15) is 5.01 Å². The van der Waals surface area contributed by atoms with Gasteiger partial charge in [0, 0.05) is 23.5 Å². The van der Waals surface area contributed by atoms with E-state index in [2.05, 4.69) is 20.7 Å². The summed E-state index contributed by atoms with van der Waals surface area (Å²) in [5.74, 6) is -0.528. The molecule has 0 saturated carbocycles. The van der Waals surface area contributed by atoms with E-state index in [9.17, 15) is 9.59 Å². The summed E-state index contributed by atoms with van der Waals surface area (Å²) in [7, 11) is 0. The number of rotatable bonds is 7. The van der Waals surface area contributed by atoms with Gasteiger partial charge < -0.3 is 10.6 Å². The zero-order valence-electron chi connectivity index (χ0n) is 15.2. The number of carbonyl (C=O) groups is 2. The summed E-state index contributed by atoms with van der Waals surface area (Å²) in [6.07, 6.45) is 3.69. The molecule has 0 fully saturated rings. The van der Waals surface area contributed by atoms with Gasteiger partial charge in [-0.2, -0.15) is 5.10 Å². The molecule has 0 aliphatic rings. The number of hydrogen-bond donors (Lipinski definition) is 2. The van der Waals surface area contributed by atoms with Gasteiger partial charge in [0.15, 0.2) is 0 Å².